The smallest absolute Gasteiger partial charge is 0.263 e. The molecule has 0 fully saturated rings. The van der Waals surface area contributed by atoms with Gasteiger partial charge >= 0.3 is 0 Å². The Morgan fingerprint density at radius 1 is 1.36 bits per heavy atom. The lowest BCUT2D eigenvalue weighted by atomic mass is 10.2. The molecular weight excluding hydrogens is 263 g/mol. The van der Waals surface area contributed by atoms with Crippen LogP contribution in [0.15, 0.2) is 18.2 Å². The molecule has 0 aliphatic rings. The fraction of sp³-hybridized carbons (Fsp3) is 0.143. The van der Waals surface area contributed by atoms with Crippen molar-refractivity contribution in [2.24, 2.45) is 0 Å². The van der Waals surface area contributed by atoms with Crippen LogP contribution in [0, 0.1) is 3.57 Å². The Balaban J connectivity index is 3.05. The molecule has 60 valence electrons. The first-order valence-corrected chi connectivity index (χ1v) is 4.02. The summed E-state index contributed by atoms with van der Waals surface area (Å²) in [7, 11) is 0. The average molecular weight is 269 g/mol. The molecule has 0 radical (unpaired) electrons. The molecule has 0 unspecified atom stereocenters. The fourth-order valence-electron chi connectivity index (χ4n) is 0.679. The zero-order chi connectivity index (χ0) is 8.43. The molecular formula is C7H6F2IN. The van der Waals surface area contributed by atoms with Crippen molar-refractivity contribution in [3.05, 3.63) is 27.3 Å². The van der Waals surface area contributed by atoms with E-state index in [9.17, 15) is 8.78 Å². The van der Waals surface area contributed by atoms with Crippen molar-refractivity contribution in [1.82, 2.24) is 0 Å². The van der Waals surface area contributed by atoms with E-state index in [1.165, 1.54) is 18.2 Å². The van der Waals surface area contributed by atoms with Gasteiger partial charge < -0.3 is 5.73 Å². The van der Waals surface area contributed by atoms with Crippen molar-refractivity contribution in [1.29, 1.82) is 0 Å². The highest BCUT2D eigenvalue weighted by molar-refractivity contribution is 14.1. The van der Waals surface area contributed by atoms with Crippen molar-refractivity contribution >= 4 is 28.3 Å². The highest BCUT2D eigenvalue weighted by Gasteiger charge is 2.07. The van der Waals surface area contributed by atoms with Gasteiger partial charge in [-0.25, -0.2) is 8.78 Å². The third kappa shape index (κ3) is 2.02. The molecule has 0 aliphatic carbocycles. The highest BCUT2D eigenvalue weighted by atomic mass is 127. The average Bonchev–Trinajstić information content (AvgIpc) is 1.94. The van der Waals surface area contributed by atoms with E-state index in [2.05, 4.69) is 0 Å². The Hall–Kier alpha value is -0.390. The monoisotopic (exact) mass is 269 g/mol. The molecule has 11 heavy (non-hydrogen) atoms. The molecule has 0 amide bonds. The molecule has 2 N–H and O–H groups in total. The van der Waals surface area contributed by atoms with Gasteiger partial charge in [-0.2, -0.15) is 0 Å². The van der Waals surface area contributed by atoms with Gasteiger partial charge in [-0.15, -0.1) is 0 Å². The maximum atomic E-state index is 12.0. The van der Waals surface area contributed by atoms with E-state index < -0.39 is 6.43 Å². The van der Waals surface area contributed by atoms with Crippen molar-refractivity contribution in [2.75, 3.05) is 5.73 Å². The van der Waals surface area contributed by atoms with E-state index in [4.69, 9.17) is 5.73 Å². The van der Waals surface area contributed by atoms with Gasteiger partial charge in [-0.1, -0.05) is 6.07 Å². The predicted octanol–water partition coefficient (Wildman–Crippen LogP) is 2.81. The number of anilines is 1. The summed E-state index contributed by atoms with van der Waals surface area (Å²) in [5.41, 5.74) is 5.99. The Bertz CT molecular complexity index is 263. The van der Waals surface area contributed by atoms with Gasteiger partial charge in [-0.3, -0.25) is 0 Å². The lowest BCUT2D eigenvalue weighted by Crippen LogP contribution is -1.91. The van der Waals surface area contributed by atoms with Crippen molar-refractivity contribution in [2.45, 2.75) is 6.43 Å². The third-order valence-corrected chi connectivity index (χ3v) is 2.21. The lowest BCUT2D eigenvalue weighted by Gasteiger charge is -2.01. The molecule has 0 saturated carbocycles. The summed E-state index contributed by atoms with van der Waals surface area (Å²) in [5.74, 6) is 0. The molecule has 0 saturated heterocycles. The zero-order valence-corrected chi connectivity index (χ0v) is 7.68. The minimum atomic E-state index is -2.41. The van der Waals surface area contributed by atoms with Gasteiger partial charge in [-0.05, 0) is 34.7 Å². The number of nitrogen functional groups attached to an aromatic ring is 1. The number of rotatable bonds is 1. The van der Waals surface area contributed by atoms with Crippen molar-refractivity contribution in [3.63, 3.8) is 0 Å². The first-order chi connectivity index (χ1) is 5.11. The van der Waals surface area contributed by atoms with Crippen LogP contribution in [0.3, 0.4) is 0 Å². The molecule has 4 heteroatoms. The van der Waals surface area contributed by atoms with Gasteiger partial charge in [0.15, 0.2) is 0 Å². The second-order valence-electron chi connectivity index (χ2n) is 2.08. The molecule has 0 atom stereocenters. The quantitative estimate of drug-likeness (QED) is 0.615. The zero-order valence-electron chi connectivity index (χ0n) is 5.52. The number of nitrogens with two attached hydrogens (primary N) is 1. The molecule has 0 aromatic heterocycles. The van der Waals surface area contributed by atoms with E-state index in [1.54, 1.807) is 0 Å². The van der Waals surface area contributed by atoms with Gasteiger partial charge in [0.1, 0.15) is 0 Å². The summed E-state index contributed by atoms with van der Waals surface area (Å²) in [6, 6.07) is 4.21. The van der Waals surface area contributed by atoms with E-state index in [0.717, 1.165) is 0 Å². The standard InChI is InChI=1S/C7H6F2IN/c8-7(9)4-1-2-6(11)5(10)3-4/h1-3,7H,11H2. The van der Waals surface area contributed by atoms with Crippen LogP contribution in [-0.4, -0.2) is 0 Å². The third-order valence-electron chi connectivity index (χ3n) is 1.28. The summed E-state index contributed by atoms with van der Waals surface area (Å²) in [4.78, 5) is 0. The lowest BCUT2D eigenvalue weighted by molar-refractivity contribution is 0.151. The van der Waals surface area contributed by atoms with Crippen molar-refractivity contribution < 1.29 is 8.78 Å². The number of halogens is 3. The minimum absolute atomic E-state index is 0.0172. The fourth-order valence-corrected chi connectivity index (χ4v) is 1.22. The second kappa shape index (κ2) is 3.34. The molecule has 0 bridgehead atoms. The first-order valence-electron chi connectivity index (χ1n) is 2.94. The van der Waals surface area contributed by atoms with E-state index in [0.29, 0.717) is 9.26 Å². The summed E-state index contributed by atoms with van der Waals surface area (Å²) in [6.45, 7) is 0. The van der Waals surface area contributed by atoms with Gasteiger partial charge in [0, 0.05) is 14.8 Å². The predicted molar refractivity (Wildman–Crippen MR) is 48.5 cm³/mol. The number of hydrogen-bond acceptors (Lipinski definition) is 1. The van der Waals surface area contributed by atoms with Crippen LogP contribution in [-0.2, 0) is 0 Å². The van der Waals surface area contributed by atoms with Crippen LogP contribution in [0.2, 0.25) is 0 Å². The molecule has 1 aromatic rings. The summed E-state index contributed by atoms with van der Waals surface area (Å²) in [5, 5.41) is 0. The summed E-state index contributed by atoms with van der Waals surface area (Å²) >= 11 is 1.92. The van der Waals surface area contributed by atoms with E-state index in [1.807, 2.05) is 22.6 Å². The highest BCUT2D eigenvalue weighted by Crippen LogP contribution is 2.23. The van der Waals surface area contributed by atoms with Crippen LogP contribution >= 0.6 is 22.6 Å². The van der Waals surface area contributed by atoms with Crippen LogP contribution < -0.4 is 5.73 Å². The molecule has 1 rings (SSSR count). The summed E-state index contributed by atoms with van der Waals surface area (Å²) in [6.07, 6.45) is -2.41. The van der Waals surface area contributed by atoms with Gasteiger partial charge in [0.2, 0.25) is 0 Å². The van der Waals surface area contributed by atoms with Crippen LogP contribution in [0.1, 0.15) is 12.0 Å². The van der Waals surface area contributed by atoms with Crippen molar-refractivity contribution in [3.8, 4) is 0 Å². The molecule has 0 heterocycles. The van der Waals surface area contributed by atoms with Crippen LogP contribution in [0.4, 0.5) is 14.5 Å². The van der Waals surface area contributed by atoms with Gasteiger partial charge in [0.25, 0.3) is 6.43 Å². The number of hydrogen-bond donors (Lipinski definition) is 1. The van der Waals surface area contributed by atoms with Gasteiger partial charge in [0.05, 0.1) is 0 Å². The molecule has 1 nitrogen and oxygen atoms in total. The SMILES string of the molecule is Nc1ccc(C(F)F)cc1I. The maximum Gasteiger partial charge on any atom is 0.263 e. The second-order valence-corrected chi connectivity index (χ2v) is 3.24. The largest absolute Gasteiger partial charge is 0.398 e. The Morgan fingerprint density at radius 2 is 2.00 bits per heavy atom. The number of benzene rings is 1. The topological polar surface area (TPSA) is 26.0 Å². The summed E-state index contributed by atoms with van der Waals surface area (Å²) < 4.78 is 24.7. The maximum absolute atomic E-state index is 12.0. The Kier molecular flexibility index (Phi) is 2.64. The van der Waals surface area contributed by atoms with E-state index >= 15 is 0 Å². The normalized spacial score (nSPS) is 10.5. The molecule has 1 aromatic carbocycles. The first kappa shape index (κ1) is 8.70. The van der Waals surface area contributed by atoms with Crippen LogP contribution in [0.25, 0.3) is 0 Å². The minimum Gasteiger partial charge on any atom is -0.398 e. The Morgan fingerprint density at radius 3 is 2.45 bits per heavy atom. The number of alkyl halides is 2. The van der Waals surface area contributed by atoms with Crippen LogP contribution in [0.5, 0.6) is 0 Å². The van der Waals surface area contributed by atoms with E-state index in [-0.39, 0.29) is 5.56 Å². The molecule has 0 spiro atoms. The Labute approximate surface area is 76.7 Å². The molecule has 0 aliphatic heterocycles.